The number of pyridine rings is 1. The number of H-pyrrole nitrogens is 1. The van der Waals surface area contributed by atoms with Gasteiger partial charge in [-0.25, -0.2) is 0 Å². The van der Waals surface area contributed by atoms with Crippen molar-refractivity contribution in [2.75, 3.05) is 6.54 Å². The molecule has 0 aliphatic rings. The largest absolute Gasteiger partial charge is 0.352 e. The molecule has 2 aromatic carbocycles. The van der Waals surface area contributed by atoms with E-state index in [4.69, 9.17) is 0 Å². The third-order valence-electron chi connectivity index (χ3n) is 3.62. The number of para-hydroxylation sites is 1. The van der Waals surface area contributed by atoms with Gasteiger partial charge in [0.2, 0.25) is 0 Å². The standard InChI is InChI=1S/C18H15BrN2O2/c19-15-7-5-12(6-8-15)17(22)20-10-9-14-11-13-3-1-2-4-16(13)21-18(14)23/h1-8,11H,9-10H2,(H,20,22)(H,21,23). The molecule has 0 spiro atoms. The molecule has 1 aromatic heterocycles. The van der Waals surface area contributed by atoms with Gasteiger partial charge in [0.05, 0.1) is 0 Å². The van der Waals surface area contributed by atoms with Gasteiger partial charge in [0.15, 0.2) is 0 Å². The number of carbonyl (C=O) groups excluding carboxylic acids is 1. The van der Waals surface area contributed by atoms with Crippen LogP contribution in [0.3, 0.4) is 0 Å². The Morgan fingerprint density at radius 1 is 1.09 bits per heavy atom. The van der Waals surface area contributed by atoms with Crippen molar-refractivity contribution >= 4 is 32.7 Å². The van der Waals surface area contributed by atoms with Crippen molar-refractivity contribution in [3.05, 3.63) is 80.6 Å². The van der Waals surface area contributed by atoms with Gasteiger partial charge < -0.3 is 10.3 Å². The fourth-order valence-electron chi connectivity index (χ4n) is 2.39. The fourth-order valence-corrected chi connectivity index (χ4v) is 2.66. The molecule has 0 aliphatic carbocycles. The number of fused-ring (bicyclic) bond motifs is 1. The second-order valence-corrected chi connectivity index (χ2v) is 6.14. The summed E-state index contributed by atoms with van der Waals surface area (Å²) < 4.78 is 0.928. The highest BCUT2D eigenvalue weighted by molar-refractivity contribution is 9.10. The minimum atomic E-state index is -0.144. The second kappa shape index (κ2) is 6.79. The van der Waals surface area contributed by atoms with E-state index in [9.17, 15) is 9.59 Å². The number of halogens is 1. The van der Waals surface area contributed by atoms with Gasteiger partial charge in [0.1, 0.15) is 0 Å². The van der Waals surface area contributed by atoms with Gasteiger partial charge in [-0.2, -0.15) is 0 Å². The minimum absolute atomic E-state index is 0.110. The van der Waals surface area contributed by atoms with Crippen LogP contribution in [0, 0.1) is 0 Å². The number of benzene rings is 2. The van der Waals surface area contributed by atoms with Gasteiger partial charge in [-0.15, -0.1) is 0 Å². The molecule has 0 bridgehead atoms. The lowest BCUT2D eigenvalue weighted by molar-refractivity contribution is 0.0954. The van der Waals surface area contributed by atoms with Crippen LogP contribution in [0.4, 0.5) is 0 Å². The van der Waals surface area contributed by atoms with E-state index >= 15 is 0 Å². The smallest absolute Gasteiger partial charge is 0.251 e. The van der Waals surface area contributed by atoms with Crippen LogP contribution in [0.15, 0.2) is 63.9 Å². The van der Waals surface area contributed by atoms with Crippen molar-refractivity contribution in [3.8, 4) is 0 Å². The zero-order valence-corrected chi connectivity index (χ0v) is 13.9. The van der Waals surface area contributed by atoms with E-state index in [0.717, 1.165) is 15.4 Å². The summed E-state index contributed by atoms with van der Waals surface area (Å²) in [5.74, 6) is -0.144. The molecule has 0 saturated heterocycles. The van der Waals surface area contributed by atoms with Crippen LogP contribution >= 0.6 is 15.9 Å². The van der Waals surface area contributed by atoms with Crippen LogP contribution in [0.25, 0.3) is 10.9 Å². The SMILES string of the molecule is O=C(NCCc1cc2ccccc2[nH]c1=O)c1ccc(Br)cc1. The van der Waals surface area contributed by atoms with E-state index in [1.165, 1.54) is 0 Å². The van der Waals surface area contributed by atoms with Gasteiger partial charge in [-0.3, -0.25) is 9.59 Å². The highest BCUT2D eigenvalue weighted by atomic mass is 79.9. The molecule has 2 N–H and O–H groups in total. The second-order valence-electron chi connectivity index (χ2n) is 5.22. The highest BCUT2D eigenvalue weighted by Crippen LogP contribution is 2.11. The van der Waals surface area contributed by atoms with Crippen molar-refractivity contribution in [1.29, 1.82) is 0 Å². The molecule has 1 heterocycles. The summed E-state index contributed by atoms with van der Waals surface area (Å²) in [5, 5.41) is 3.82. The number of amides is 1. The number of hydrogen-bond donors (Lipinski definition) is 2. The quantitative estimate of drug-likeness (QED) is 0.740. The average molecular weight is 371 g/mol. The Balaban J connectivity index is 1.66. The Bertz CT molecular complexity index is 901. The summed E-state index contributed by atoms with van der Waals surface area (Å²) in [6.07, 6.45) is 0.489. The first-order valence-corrected chi connectivity index (χ1v) is 8.07. The number of carbonyl (C=O) groups is 1. The highest BCUT2D eigenvalue weighted by Gasteiger charge is 2.06. The summed E-state index contributed by atoms with van der Waals surface area (Å²) in [4.78, 5) is 26.9. The topological polar surface area (TPSA) is 62.0 Å². The molecule has 4 nitrogen and oxygen atoms in total. The van der Waals surface area contributed by atoms with Crippen molar-refractivity contribution in [2.24, 2.45) is 0 Å². The molecular formula is C18H15BrN2O2. The maximum Gasteiger partial charge on any atom is 0.251 e. The molecule has 1 amide bonds. The van der Waals surface area contributed by atoms with Crippen molar-refractivity contribution in [1.82, 2.24) is 10.3 Å². The van der Waals surface area contributed by atoms with Crippen LogP contribution in [-0.4, -0.2) is 17.4 Å². The van der Waals surface area contributed by atoms with Crippen molar-refractivity contribution < 1.29 is 4.79 Å². The van der Waals surface area contributed by atoms with E-state index in [1.807, 2.05) is 42.5 Å². The number of aromatic nitrogens is 1. The molecular weight excluding hydrogens is 356 g/mol. The number of rotatable bonds is 4. The third-order valence-corrected chi connectivity index (χ3v) is 4.15. The maximum absolute atomic E-state index is 12.0. The molecule has 116 valence electrons. The molecule has 0 atom stereocenters. The lowest BCUT2D eigenvalue weighted by Gasteiger charge is -2.06. The van der Waals surface area contributed by atoms with Crippen LogP contribution < -0.4 is 10.9 Å². The zero-order chi connectivity index (χ0) is 16.2. The average Bonchev–Trinajstić information content (AvgIpc) is 2.56. The number of nitrogens with one attached hydrogen (secondary N) is 2. The molecule has 3 aromatic rings. The van der Waals surface area contributed by atoms with Crippen LogP contribution in [0.5, 0.6) is 0 Å². The summed E-state index contributed by atoms with van der Waals surface area (Å²) >= 11 is 3.34. The maximum atomic E-state index is 12.0. The van der Waals surface area contributed by atoms with E-state index in [2.05, 4.69) is 26.2 Å². The Morgan fingerprint density at radius 2 is 1.83 bits per heavy atom. The van der Waals surface area contributed by atoms with E-state index < -0.39 is 0 Å². The van der Waals surface area contributed by atoms with Crippen LogP contribution in [0.2, 0.25) is 0 Å². The van der Waals surface area contributed by atoms with E-state index in [0.29, 0.717) is 24.1 Å². The van der Waals surface area contributed by atoms with Crippen molar-refractivity contribution in [3.63, 3.8) is 0 Å². The Morgan fingerprint density at radius 3 is 2.61 bits per heavy atom. The third kappa shape index (κ3) is 3.68. The van der Waals surface area contributed by atoms with Crippen LogP contribution in [-0.2, 0) is 6.42 Å². The summed E-state index contributed by atoms with van der Waals surface area (Å²) in [5.41, 5.74) is 1.97. The molecule has 0 fully saturated rings. The summed E-state index contributed by atoms with van der Waals surface area (Å²) in [6, 6.07) is 16.7. The monoisotopic (exact) mass is 370 g/mol. The summed E-state index contributed by atoms with van der Waals surface area (Å²) in [6.45, 7) is 0.413. The molecule has 0 aliphatic heterocycles. The first-order chi connectivity index (χ1) is 11.1. The molecule has 23 heavy (non-hydrogen) atoms. The van der Waals surface area contributed by atoms with Crippen LogP contribution in [0.1, 0.15) is 15.9 Å². The predicted octanol–water partition coefficient (Wildman–Crippen LogP) is 3.26. The van der Waals surface area contributed by atoms with Crippen molar-refractivity contribution in [2.45, 2.75) is 6.42 Å². The Labute approximate surface area is 141 Å². The molecule has 0 radical (unpaired) electrons. The Kier molecular flexibility index (Phi) is 4.57. The lowest BCUT2D eigenvalue weighted by Crippen LogP contribution is -2.27. The first kappa shape index (κ1) is 15.5. The predicted molar refractivity (Wildman–Crippen MR) is 94.7 cm³/mol. The normalized spacial score (nSPS) is 10.7. The molecule has 0 saturated carbocycles. The zero-order valence-electron chi connectivity index (χ0n) is 12.3. The minimum Gasteiger partial charge on any atom is -0.352 e. The van der Waals surface area contributed by atoms with Gasteiger partial charge in [0, 0.05) is 27.7 Å². The van der Waals surface area contributed by atoms with Gasteiger partial charge in [0.25, 0.3) is 11.5 Å². The van der Waals surface area contributed by atoms with Gasteiger partial charge in [-0.1, -0.05) is 34.1 Å². The number of aromatic amines is 1. The first-order valence-electron chi connectivity index (χ1n) is 7.28. The molecule has 0 unspecified atom stereocenters. The molecule has 3 rings (SSSR count). The van der Waals surface area contributed by atoms with Gasteiger partial charge >= 0.3 is 0 Å². The summed E-state index contributed by atoms with van der Waals surface area (Å²) in [7, 11) is 0. The van der Waals surface area contributed by atoms with E-state index in [-0.39, 0.29) is 11.5 Å². The molecule has 5 heteroatoms. The fraction of sp³-hybridized carbons (Fsp3) is 0.111. The number of hydrogen-bond acceptors (Lipinski definition) is 2. The lowest BCUT2D eigenvalue weighted by atomic mass is 10.1. The Hall–Kier alpha value is -2.40. The van der Waals surface area contributed by atoms with E-state index in [1.54, 1.807) is 12.1 Å². The van der Waals surface area contributed by atoms with Gasteiger partial charge in [-0.05, 0) is 48.2 Å².